The first kappa shape index (κ1) is 14.6. The highest BCUT2D eigenvalue weighted by atomic mass is 79.9. The van der Waals surface area contributed by atoms with Crippen LogP contribution in [0.15, 0.2) is 34.8 Å². The Kier molecular flexibility index (Phi) is 4.12. The third-order valence-electron chi connectivity index (χ3n) is 2.97. The molecule has 7 nitrogen and oxygen atoms in total. The fourth-order valence-corrected chi connectivity index (χ4v) is 2.50. The van der Waals surface area contributed by atoms with Gasteiger partial charge in [0, 0.05) is 11.6 Å². The van der Waals surface area contributed by atoms with Crippen molar-refractivity contribution in [1.29, 1.82) is 0 Å². The number of benzene rings is 1. The number of aromatic nitrogens is 4. The van der Waals surface area contributed by atoms with E-state index in [1.165, 1.54) is 0 Å². The van der Waals surface area contributed by atoms with E-state index < -0.39 is 0 Å². The van der Waals surface area contributed by atoms with Crippen LogP contribution < -0.4 is 5.32 Å². The zero-order valence-electron chi connectivity index (χ0n) is 11.6. The molecule has 2 N–H and O–H groups in total. The Balaban J connectivity index is 1.90. The van der Waals surface area contributed by atoms with E-state index in [2.05, 4.69) is 41.6 Å². The molecule has 3 aromatic rings. The average Bonchev–Trinajstić information content (AvgIpc) is 2.95. The van der Waals surface area contributed by atoms with Crippen LogP contribution in [0.25, 0.3) is 11.0 Å². The molecule has 1 amide bonds. The number of methoxy groups -OCH3 is 1. The molecule has 2 aromatic heterocycles. The summed E-state index contributed by atoms with van der Waals surface area (Å²) in [4.78, 5) is 16.8. The van der Waals surface area contributed by atoms with Crippen LogP contribution >= 0.6 is 15.9 Å². The number of hydrogen-bond donors (Lipinski definition) is 2. The number of anilines is 1. The molecule has 0 fully saturated rings. The first-order valence-electron chi connectivity index (χ1n) is 6.43. The molecule has 0 spiro atoms. The molecule has 3 rings (SSSR count). The quantitative estimate of drug-likeness (QED) is 0.744. The highest BCUT2D eigenvalue weighted by Crippen LogP contribution is 2.22. The van der Waals surface area contributed by atoms with E-state index >= 15 is 0 Å². The van der Waals surface area contributed by atoms with E-state index in [1.807, 2.05) is 12.1 Å². The number of ether oxygens (including phenoxy) is 1. The van der Waals surface area contributed by atoms with Crippen molar-refractivity contribution in [3.8, 4) is 0 Å². The standard InChI is InChI=1S/C14H12BrN5O2/c1-22-7-9-3-2-4-12(16-9)17-14(21)10-5-8(15)6-11-13(10)19-20-18-11/h2-6H,7H2,1H3,(H,16,17,21)(H,18,19,20). The summed E-state index contributed by atoms with van der Waals surface area (Å²) in [7, 11) is 1.59. The number of rotatable bonds is 4. The molecule has 0 bridgehead atoms. The fourth-order valence-electron chi connectivity index (χ4n) is 2.05. The fraction of sp³-hybridized carbons (Fsp3) is 0.143. The van der Waals surface area contributed by atoms with E-state index in [-0.39, 0.29) is 5.91 Å². The monoisotopic (exact) mass is 361 g/mol. The molecular weight excluding hydrogens is 350 g/mol. The van der Waals surface area contributed by atoms with E-state index in [0.717, 1.165) is 10.2 Å². The lowest BCUT2D eigenvalue weighted by molar-refractivity contribution is 0.102. The average molecular weight is 362 g/mol. The number of carbonyl (C=O) groups is 1. The number of carbonyl (C=O) groups excluding carboxylic acids is 1. The number of halogens is 1. The van der Waals surface area contributed by atoms with Crippen LogP contribution in [0.5, 0.6) is 0 Å². The van der Waals surface area contributed by atoms with Crippen LogP contribution in [-0.2, 0) is 11.3 Å². The summed E-state index contributed by atoms with van der Waals surface area (Å²) in [5.74, 6) is 0.151. The van der Waals surface area contributed by atoms with Gasteiger partial charge in [-0.05, 0) is 24.3 Å². The topological polar surface area (TPSA) is 92.8 Å². The normalized spacial score (nSPS) is 10.8. The number of nitrogens with zero attached hydrogens (tertiary/aromatic N) is 3. The van der Waals surface area contributed by atoms with Gasteiger partial charge < -0.3 is 10.1 Å². The summed E-state index contributed by atoms with van der Waals surface area (Å²) in [6, 6.07) is 8.83. The van der Waals surface area contributed by atoms with Gasteiger partial charge in [0.2, 0.25) is 0 Å². The van der Waals surface area contributed by atoms with Gasteiger partial charge in [-0.2, -0.15) is 15.4 Å². The van der Waals surface area contributed by atoms with Gasteiger partial charge in [-0.3, -0.25) is 4.79 Å². The van der Waals surface area contributed by atoms with Crippen molar-refractivity contribution in [2.24, 2.45) is 0 Å². The second-order valence-electron chi connectivity index (χ2n) is 4.55. The van der Waals surface area contributed by atoms with Crippen LogP contribution in [0.1, 0.15) is 16.1 Å². The second-order valence-corrected chi connectivity index (χ2v) is 5.46. The number of nitrogens with one attached hydrogen (secondary N) is 2. The van der Waals surface area contributed by atoms with E-state index in [0.29, 0.717) is 29.0 Å². The van der Waals surface area contributed by atoms with Gasteiger partial charge in [0.05, 0.1) is 17.9 Å². The Hall–Kier alpha value is -2.32. The molecule has 112 valence electrons. The van der Waals surface area contributed by atoms with Gasteiger partial charge >= 0.3 is 0 Å². The summed E-state index contributed by atoms with van der Waals surface area (Å²) >= 11 is 3.36. The van der Waals surface area contributed by atoms with Crippen molar-refractivity contribution in [1.82, 2.24) is 20.4 Å². The van der Waals surface area contributed by atoms with Crippen molar-refractivity contribution >= 4 is 38.7 Å². The Morgan fingerprint density at radius 3 is 3.05 bits per heavy atom. The van der Waals surface area contributed by atoms with Crippen LogP contribution in [0.4, 0.5) is 5.82 Å². The molecule has 0 aliphatic carbocycles. The molecule has 0 atom stereocenters. The molecule has 2 heterocycles. The summed E-state index contributed by atoms with van der Waals surface area (Å²) in [5, 5.41) is 13.3. The lowest BCUT2D eigenvalue weighted by Crippen LogP contribution is -2.14. The Bertz CT molecular complexity index is 833. The third-order valence-corrected chi connectivity index (χ3v) is 3.43. The van der Waals surface area contributed by atoms with Crippen LogP contribution in [0.3, 0.4) is 0 Å². The molecule has 22 heavy (non-hydrogen) atoms. The number of pyridine rings is 1. The predicted octanol–water partition coefficient (Wildman–Crippen LogP) is 2.51. The molecule has 0 unspecified atom stereocenters. The molecule has 8 heteroatoms. The molecule has 0 radical (unpaired) electrons. The maximum atomic E-state index is 12.5. The Morgan fingerprint density at radius 1 is 1.36 bits per heavy atom. The Labute approximate surface area is 134 Å². The van der Waals surface area contributed by atoms with Gasteiger partial charge in [-0.15, -0.1) is 0 Å². The highest BCUT2D eigenvalue weighted by Gasteiger charge is 2.15. The SMILES string of the molecule is COCc1cccc(NC(=O)c2cc(Br)cc3n[nH]nc23)n1. The van der Waals surface area contributed by atoms with Crippen LogP contribution in [0.2, 0.25) is 0 Å². The molecule has 1 aromatic carbocycles. The van der Waals surface area contributed by atoms with Gasteiger partial charge in [-0.1, -0.05) is 22.0 Å². The minimum atomic E-state index is -0.303. The largest absolute Gasteiger partial charge is 0.378 e. The summed E-state index contributed by atoms with van der Waals surface area (Å²) in [5.41, 5.74) is 2.27. The number of H-pyrrole nitrogens is 1. The maximum absolute atomic E-state index is 12.5. The first-order chi connectivity index (χ1) is 10.7. The Morgan fingerprint density at radius 2 is 2.23 bits per heavy atom. The van der Waals surface area contributed by atoms with Crippen molar-refractivity contribution in [2.75, 3.05) is 12.4 Å². The smallest absolute Gasteiger partial charge is 0.259 e. The van der Waals surface area contributed by atoms with E-state index in [1.54, 1.807) is 25.3 Å². The highest BCUT2D eigenvalue weighted by molar-refractivity contribution is 9.10. The molecule has 0 saturated carbocycles. The molecule has 0 saturated heterocycles. The summed E-state index contributed by atoms with van der Waals surface area (Å²) < 4.78 is 5.78. The van der Waals surface area contributed by atoms with Gasteiger partial charge in [0.1, 0.15) is 16.9 Å². The molecule has 0 aliphatic rings. The lowest BCUT2D eigenvalue weighted by atomic mass is 10.1. The molecular formula is C14H12BrN5O2. The third kappa shape index (κ3) is 2.97. The molecule has 0 aliphatic heterocycles. The van der Waals surface area contributed by atoms with Crippen LogP contribution in [-0.4, -0.2) is 33.4 Å². The van der Waals surface area contributed by atoms with Crippen molar-refractivity contribution in [3.05, 3.63) is 46.1 Å². The van der Waals surface area contributed by atoms with Gasteiger partial charge in [-0.25, -0.2) is 4.98 Å². The minimum Gasteiger partial charge on any atom is -0.378 e. The first-order valence-corrected chi connectivity index (χ1v) is 7.23. The van der Waals surface area contributed by atoms with E-state index in [9.17, 15) is 4.79 Å². The summed E-state index contributed by atoms with van der Waals surface area (Å²) in [6.45, 7) is 0.383. The van der Waals surface area contributed by atoms with Crippen LogP contribution in [0, 0.1) is 0 Å². The maximum Gasteiger partial charge on any atom is 0.259 e. The summed E-state index contributed by atoms with van der Waals surface area (Å²) in [6.07, 6.45) is 0. The number of hydrogen-bond acceptors (Lipinski definition) is 5. The lowest BCUT2D eigenvalue weighted by Gasteiger charge is -2.07. The van der Waals surface area contributed by atoms with E-state index in [4.69, 9.17) is 4.74 Å². The number of fused-ring (bicyclic) bond motifs is 1. The number of amides is 1. The number of aromatic amines is 1. The minimum absolute atomic E-state index is 0.303. The second kappa shape index (κ2) is 6.20. The zero-order valence-corrected chi connectivity index (χ0v) is 13.2. The predicted molar refractivity (Wildman–Crippen MR) is 84.5 cm³/mol. The van der Waals surface area contributed by atoms with Crippen molar-refractivity contribution in [3.63, 3.8) is 0 Å². The zero-order chi connectivity index (χ0) is 15.5. The van der Waals surface area contributed by atoms with Gasteiger partial charge in [0.15, 0.2) is 0 Å². The van der Waals surface area contributed by atoms with Crippen molar-refractivity contribution < 1.29 is 9.53 Å². The van der Waals surface area contributed by atoms with Gasteiger partial charge in [0.25, 0.3) is 5.91 Å². The van der Waals surface area contributed by atoms with Crippen molar-refractivity contribution in [2.45, 2.75) is 6.61 Å².